The second-order valence-corrected chi connectivity index (χ2v) is 34.2. The third-order valence-corrected chi connectivity index (χ3v) is 20.2. The van der Waals surface area contributed by atoms with Gasteiger partial charge in [0.05, 0.1) is 0 Å². The lowest BCUT2D eigenvalue weighted by molar-refractivity contribution is 0.565. The van der Waals surface area contributed by atoms with E-state index in [1.165, 1.54) is 157 Å². The molecule has 0 fully saturated rings. The summed E-state index contributed by atoms with van der Waals surface area (Å²) in [4.78, 5) is 0. The van der Waals surface area contributed by atoms with Crippen molar-refractivity contribution in [3.8, 4) is 0 Å². The SMILES string of the molecule is Cc1cc(C)c(C)c(F)c1.Cc1cc(F)c(C)c(F)c1.Cc1cc(F)c(C)c(F)c1.Cc1cc(F)c(C)c(F)c1.Cc1cc(F)c(C)c(F)c1.Cc1ccc(C)c(F)c1.Cc1ccc(C)c(F)c1.Cc1ccc(C)c(F)c1.Cc1ccc(C)c(F)c1.Cc1ccc(C)c(F)c1.Cc1ccc(C)cc1.Cc1ccc(C)cc1.Cc1ccc(C)cc1.Cc1ccc(C)cc1.Cc1ccc(Cl)cc1. The summed E-state index contributed by atoms with van der Waals surface area (Å²) < 4.78 is 177. The molecule has 0 amide bonds. The van der Waals surface area contributed by atoms with Crippen LogP contribution >= 0.6 is 11.6 Å². The van der Waals surface area contributed by atoms with Gasteiger partial charge < -0.3 is 0 Å². The molecule has 0 aliphatic rings. The number of hydrogen-bond acceptors (Lipinski definition) is 0. The number of halogens is 15. The van der Waals surface area contributed by atoms with Gasteiger partial charge in [-0.15, -0.1) is 0 Å². The van der Waals surface area contributed by atoms with Crippen molar-refractivity contribution in [1.82, 2.24) is 0 Å². The zero-order valence-electron chi connectivity index (χ0n) is 84.2. The zero-order valence-corrected chi connectivity index (χ0v) is 84.9. The lowest BCUT2D eigenvalue weighted by atomic mass is 10.1. The summed E-state index contributed by atoms with van der Waals surface area (Å²) in [6.45, 7) is 54.9. The predicted molar refractivity (Wildman–Crippen MR) is 543 cm³/mol. The van der Waals surface area contributed by atoms with Crippen LogP contribution in [-0.2, 0) is 0 Å². The number of aryl methyl sites for hydroxylation is 25. The van der Waals surface area contributed by atoms with E-state index in [2.05, 4.69) is 152 Å². The molecule has 0 unspecified atom stereocenters. The largest absolute Gasteiger partial charge is 0.207 e. The molecule has 0 bridgehead atoms. The van der Waals surface area contributed by atoms with Gasteiger partial charge in [-0.1, -0.05) is 238 Å². The lowest BCUT2D eigenvalue weighted by Gasteiger charge is -2.01. The van der Waals surface area contributed by atoms with E-state index in [4.69, 9.17) is 11.6 Å². The molecule has 0 aliphatic carbocycles. The van der Waals surface area contributed by atoms with Gasteiger partial charge in [-0.3, -0.25) is 0 Å². The van der Waals surface area contributed by atoms with Gasteiger partial charge >= 0.3 is 0 Å². The monoisotopic (exact) mass is 1880 g/mol. The maximum absolute atomic E-state index is 12.8. The molecule has 720 valence electrons. The summed E-state index contributed by atoms with van der Waals surface area (Å²) in [5.41, 5.74) is 25.8. The van der Waals surface area contributed by atoms with Crippen LogP contribution < -0.4 is 0 Å². The van der Waals surface area contributed by atoms with Gasteiger partial charge in [0, 0.05) is 27.3 Å². The molecule has 15 aromatic carbocycles. The second-order valence-electron chi connectivity index (χ2n) is 33.8. The highest BCUT2D eigenvalue weighted by atomic mass is 35.5. The average Bonchev–Trinajstić information content (AvgIpc) is 0.842. The van der Waals surface area contributed by atoms with Crippen LogP contribution in [0.25, 0.3) is 0 Å². The number of hydrogen-bond donors (Lipinski definition) is 0. The molecule has 0 saturated heterocycles. The zero-order chi connectivity index (χ0) is 103. The van der Waals surface area contributed by atoms with E-state index in [1.807, 2.05) is 116 Å². The first kappa shape index (κ1) is 121. The first-order valence-electron chi connectivity index (χ1n) is 43.9. The van der Waals surface area contributed by atoms with Crippen LogP contribution in [0.15, 0.2) is 273 Å². The molecule has 0 radical (unpaired) electrons. The Kier molecular flexibility index (Phi) is 56.3. The van der Waals surface area contributed by atoms with E-state index >= 15 is 0 Å². The molecule has 135 heavy (non-hydrogen) atoms. The minimum atomic E-state index is -0.475. The van der Waals surface area contributed by atoms with Crippen molar-refractivity contribution in [2.75, 3.05) is 0 Å². The van der Waals surface area contributed by atoms with Gasteiger partial charge in [-0.05, 0) is 399 Å². The fourth-order valence-corrected chi connectivity index (χ4v) is 10.8. The van der Waals surface area contributed by atoms with Crippen molar-refractivity contribution < 1.29 is 61.5 Å². The normalized spacial score (nSPS) is 9.67. The maximum atomic E-state index is 12.8. The Morgan fingerprint density at radius 1 is 0.111 bits per heavy atom. The quantitative estimate of drug-likeness (QED) is 0.133. The molecule has 0 atom stereocenters. The van der Waals surface area contributed by atoms with Gasteiger partial charge in [0.15, 0.2) is 0 Å². The fourth-order valence-electron chi connectivity index (χ4n) is 10.6. The Hall–Kier alpha value is -12.4. The fraction of sp³-hybridized carbons (Fsp3) is 0.250. The van der Waals surface area contributed by atoms with Crippen LogP contribution in [0.5, 0.6) is 0 Å². The maximum Gasteiger partial charge on any atom is 0.129 e. The van der Waals surface area contributed by atoms with Crippen LogP contribution in [0.3, 0.4) is 0 Å². The molecule has 15 rings (SSSR count). The van der Waals surface area contributed by atoms with Crippen molar-refractivity contribution in [2.45, 2.75) is 208 Å². The van der Waals surface area contributed by atoms with E-state index in [1.54, 1.807) is 106 Å². The minimum absolute atomic E-state index is 0.0885. The molecule has 0 saturated carbocycles. The third kappa shape index (κ3) is 52.2. The summed E-state index contributed by atoms with van der Waals surface area (Å²) in [6.07, 6.45) is 0. The Labute approximate surface area is 802 Å². The Morgan fingerprint density at radius 3 is 0.341 bits per heavy atom. The van der Waals surface area contributed by atoms with Crippen molar-refractivity contribution in [2.24, 2.45) is 0 Å². The predicted octanol–water partition coefficient (Wildman–Crippen LogP) is 37.2. The molecule has 0 aromatic heterocycles. The highest BCUT2D eigenvalue weighted by Crippen LogP contribution is 2.20. The van der Waals surface area contributed by atoms with E-state index in [0.717, 1.165) is 49.5 Å². The molecule has 15 aromatic rings. The standard InChI is InChI=1S/C9H11F.4C8H8F2.5C8H9F.4C8H10.C7H7Cl/c1-6-4-7(2)8(3)9(10)5-6;4*1-5-3-7(9)6(2)8(10)4-5;5*1-6-3-4-7(2)8(9)5-6;4*1-7-3-5-8(2)6-4-7;1-6-2-4-7(8)5-3-6/h4-5H,1-3H3;4*3-4H,1-2H3;5*3-5H,1-2H3;4*3-6H,1-2H3;2-5H,1H3. The van der Waals surface area contributed by atoms with Crippen molar-refractivity contribution in [3.05, 3.63) is 526 Å². The van der Waals surface area contributed by atoms with Crippen LogP contribution in [0, 0.1) is 289 Å². The molecule has 0 heterocycles. The first-order valence-corrected chi connectivity index (χ1v) is 44.3. The van der Waals surface area contributed by atoms with Gasteiger partial charge in [-0.2, -0.15) is 0 Å². The highest BCUT2D eigenvalue weighted by molar-refractivity contribution is 6.30. The lowest BCUT2D eigenvalue weighted by Crippen LogP contribution is -1.89. The summed E-state index contributed by atoms with van der Waals surface area (Å²) >= 11 is 5.61. The van der Waals surface area contributed by atoms with Gasteiger partial charge in [0.25, 0.3) is 0 Å². The molecule has 0 aliphatic heterocycles. The van der Waals surface area contributed by atoms with E-state index in [9.17, 15) is 61.5 Å². The molecular formula is C120H135ClF14. The van der Waals surface area contributed by atoms with E-state index in [-0.39, 0.29) is 57.2 Å². The molecule has 0 spiro atoms. The number of benzene rings is 15. The van der Waals surface area contributed by atoms with Crippen molar-refractivity contribution in [3.63, 3.8) is 0 Å². The average molecular weight is 1880 g/mol. The van der Waals surface area contributed by atoms with Crippen LogP contribution in [-0.4, -0.2) is 0 Å². The molecule has 15 heteroatoms. The molecule has 0 nitrogen and oxygen atoms in total. The van der Waals surface area contributed by atoms with E-state index in [0.29, 0.717) is 50.1 Å². The summed E-state index contributed by atoms with van der Waals surface area (Å²) in [5, 5.41) is 0.801. The molecule has 0 N–H and O–H groups in total. The first-order chi connectivity index (χ1) is 63.0. The van der Waals surface area contributed by atoms with Crippen molar-refractivity contribution >= 4 is 11.6 Å². The number of rotatable bonds is 0. The Morgan fingerprint density at radius 2 is 0.222 bits per heavy atom. The van der Waals surface area contributed by atoms with Crippen LogP contribution in [0.4, 0.5) is 61.5 Å². The van der Waals surface area contributed by atoms with Gasteiger partial charge in [-0.25, -0.2) is 61.5 Å². The van der Waals surface area contributed by atoms with Gasteiger partial charge in [0.2, 0.25) is 0 Å². The summed E-state index contributed by atoms with van der Waals surface area (Å²) in [6, 6.07) is 81.9. The van der Waals surface area contributed by atoms with Crippen molar-refractivity contribution in [1.29, 1.82) is 0 Å². The highest BCUT2D eigenvalue weighted by Gasteiger charge is 2.08. The van der Waals surface area contributed by atoms with Crippen LogP contribution in [0.1, 0.15) is 167 Å². The smallest absolute Gasteiger partial charge is 0.129 e. The van der Waals surface area contributed by atoms with Gasteiger partial charge in [0.1, 0.15) is 81.4 Å². The summed E-state index contributed by atoms with van der Waals surface area (Å²) in [7, 11) is 0. The van der Waals surface area contributed by atoms with Crippen LogP contribution in [0.2, 0.25) is 5.02 Å². The minimum Gasteiger partial charge on any atom is -0.207 e. The second kappa shape index (κ2) is 63.0. The molecular weight excluding hydrogens is 1740 g/mol. The Bertz CT molecular complexity index is 4970. The van der Waals surface area contributed by atoms with E-state index < -0.39 is 46.5 Å². The topological polar surface area (TPSA) is 0 Å². The Balaban J connectivity index is 0.000000724. The summed E-state index contributed by atoms with van der Waals surface area (Å²) in [5.74, 6) is -4.47. The third-order valence-electron chi connectivity index (χ3n) is 20.0.